The van der Waals surface area contributed by atoms with E-state index in [9.17, 15) is 27.9 Å². The van der Waals surface area contributed by atoms with Gasteiger partial charge in [-0.05, 0) is 60.2 Å². The summed E-state index contributed by atoms with van der Waals surface area (Å²) >= 11 is 5.91. The molecule has 0 bridgehead atoms. The maximum absolute atomic E-state index is 13.3. The molecule has 0 unspecified atom stereocenters. The number of anilines is 1. The van der Waals surface area contributed by atoms with Crippen LogP contribution in [0.2, 0.25) is 5.02 Å². The fraction of sp³-hybridized carbons (Fsp3) is 0.120. The maximum atomic E-state index is 13.3. The summed E-state index contributed by atoms with van der Waals surface area (Å²) in [4.78, 5) is 27.1. The molecule has 1 N–H and O–H groups in total. The van der Waals surface area contributed by atoms with Crippen LogP contribution in [-0.4, -0.2) is 23.9 Å². The minimum Gasteiger partial charge on any atom is -0.507 e. The number of nitrogens with zero attached hydrogens (tertiary/aromatic N) is 1. The summed E-state index contributed by atoms with van der Waals surface area (Å²) in [5.41, 5.74) is -0.737. The average Bonchev–Trinajstić information content (AvgIpc) is 3.09. The van der Waals surface area contributed by atoms with Gasteiger partial charge in [-0.2, -0.15) is 13.2 Å². The van der Waals surface area contributed by atoms with Crippen LogP contribution in [0.3, 0.4) is 0 Å². The van der Waals surface area contributed by atoms with E-state index in [0.717, 1.165) is 23.1 Å². The van der Waals surface area contributed by atoms with Crippen LogP contribution in [-0.2, 0) is 15.8 Å². The van der Waals surface area contributed by atoms with Crippen LogP contribution in [0.5, 0.6) is 5.75 Å². The highest BCUT2D eigenvalue weighted by atomic mass is 35.5. The first-order valence-electron chi connectivity index (χ1n) is 10.00. The number of methoxy groups -OCH3 is 1. The number of ketones is 1. The largest absolute Gasteiger partial charge is 0.507 e. The molecule has 4 rings (SSSR count). The summed E-state index contributed by atoms with van der Waals surface area (Å²) in [5.74, 6) is -2.05. The molecule has 1 heterocycles. The van der Waals surface area contributed by atoms with Crippen molar-refractivity contribution in [1.29, 1.82) is 0 Å². The van der Waals surface area contributed by atoms with Gasteiger partial charge in [0.05, 0.1) is 24.3 Å². The van der Waals surface area contributed by atoms with E-state index in [-0.39, 0.29) is 16.8 Å². The highest BCUT2D eigenvalue weighted by molar-refractivity contribution is 6.51. The van der Waals surface area contributed by atoms with E-state index >= 15 is 0 Å². The first-order valence-corrected chi connectivity index (χ1v) is 10.4. The van der Waals surface area contributed by atoms with Crippen molar-refractivity contribution in [2.45, 2.75) is 12.2 Å². The molecule has 5 nitrogen and oxygen atoms in total. The van der Waals surface area contributed by atoms with Gasteiger partial charge in [0.25, 0.3) is 11.7 Å². The fourth-order valence-electron chi connectivity index (χ4n) is 3.80. The molecular formula is C25H17ClF3NO4. The van der Waals surface area contributed by atoms with Crippen molar-refractivity contribution in [1.82, 2.24) is 0 Å². The van der Waals surface area contributed by atoms with Crippen LogP contribution in [0.4, 0.5) is 18.9 Å². The van der Waals surface area contributed by atoms with Gasteiger partial charge in [0.1, 0.15) is 11.5 Å². The number of hydrogen-bond acceptors (Lipinski definition) is 4. The summed E-state index contributed by atoms with van der Waals surface area (Å²) in [7, 11) is 1.46. The number of rotatable bonds is 4. The van der Waals surface area contributed by atoms with E-state index in [1.807, 2.05) is 0 Å². The Morgan fingerprint density at radius 2 is 1.65 bits per heavy atom. The quantitative estimate of drug-likeness (QED) is 0.279. The van der Waals surface area contributed by atoms with E-state index in [4.69, 9.17) is 16.3 Å². The van der Waals surface area contributed by atoms with Crippen LogP contribution >= 0.6 is 11.6 Å². The standard InChI is InChI=1S/C25H17ClF3NO4/c1-34-19-11-7-14(8-12-19)21-20(22(31)15-5-9-17(26)10-6-15)23(32)24(33)30(21)18-4-2-3-16(13-18)25(27,28)29/h2-13,21,31H,1H3/b22-20+/t21-/m0/s1. The second kappa shape index (κ2) is 8.87. The predicted molar refractivity (Wildman–Crippen MR) is 121 cm³/mol. The van der Waals surface area contributed by atoms with Gasteiger partial charge in [0, 0.05) is 16.3 Å². The Labute approximate surface area is 197 Å². The molecule has 3 aromatic rings. The molecule has 3 aromatic carbocycles. The van der Waals surface area contributed by atoms with Gasteiger partial charge < -0.3 is 9.84 Å². The van der Waals surface area contributed by atoms with Crippen molar-refractivity contribution in [2.75, 3.05) is 12.0 Å². The molecule has 1 fully saturated rings. The summed E-state index contributed by atoms with van der Waals surface area (Å²) in [6.07, 6.45) is -4.65. The van der Waals surface area contributed by atoms with Crippen molar-refractivity contribution in [3.8, 4) is 5.75 Å². The highest BCUT2D eigenvalue weighted by Gasteiger charge is 2.47. The van der Waals surface area contributed by atoms with Crippen molar-refractivity contribution < 1.29 is 32.6 Å². The Morgan fingerprint density at radius 3 is 2.24 bits per heavy atom. The third kappa shape index (κ3) is 4.24. The number of hydrogen-bond donors (Lipinski definition) is 1. The number of amides is 1. The monoisotopic (exact) mass is 487 g/mol. The Morgan fingerprint density at radius 1 is 1.00 bits per heavy atom. The lowest BCUT2D eigenvalue weighted by molar-refractivity contribution is -0.137. The van der Waals surface area contributed by atoms with Gasteiger partial charge in [-0.15, -0.1) is 0 Å². The van der Waals surface area contributed by atoms with E-state index in [1.54, 1.807) is 24.3 Å². The lowest BCUT2D eigenvalue weighted by Crippen LogP contribution is -2.29. The Hall–Kier alpha value is -3.78. The van der Waals surface area contributed by atoms with Crippen LogP contribution in [0.25, 0.3) is 5.76 Å². The normalized spacial score (nSPS) is 17.8. The van der Waals surface area contributed by atoms with Gasteiger partial charge in [0.2, 0.25) is 0 Å². The Balaban J connectivity index is 1.93. The average molecular weight is 488 g/mol. The van der Waals surface area contributed by atoms with Crippen molar-refractivity contribution in [3.05, 3.63) is 100 Å². The first-order chi connectivity index (χ1) is 16.1. The van der Waals surface area contributed by atoms with E-state index in [0.29, 0.717) is 16.3 Å². The molecule has 0 aliphatic carbocycles. The second-order valence-corrected chi connectivity index (χ2v) is 7.93. The number of carbonyl (C=O) groups excluding carboxylic acids is 2. The smallest absolute Gasteiger partial charge is 0.416 e. The molecule has 9 heteroatoms. The van der Waals surface area contributed by atoms with E-state index in [1.165, 1.54) is 37.4 Å². The zero-order chi connectivity index (χ0) is 24.6. The number of halogens is 4. The van der Waals surface area contributed by atoms with Crippen LogP contribution in [0, 0.1) is 0 Å². The van der Waals surface area contributed by atoms with Crippen LogP contribution in [0.1, 0.15) is 22.7 Å². The van der Waals surface area contributed by atoms with Crippen molar-refractivity contribution in [2.24, 2.45) is 0 Å². The Kier molecular flexibility index (Phi) is 6.10. The van der Waals surface area contributed by atoms with Crippen LogP contribution in [0.15, 0.2) is 78.4 Å². The molecule has 34 heavy (non-hydrogen) atoms. The second-order valence-electron chi connectivity index (χ2n) is 7.50. The number of benzene rings is 3. The number of ether oxygens (including phenoxy) is 1. The van der Waals surface area contributed by atoms with Crippen molar-refractivity contribution in [3.63, 3.8) is 0 Å². The molecule has 1 amide bonds. The third-order valence-corrected chi connectivity index (χ3v) is 5.70. The van der Waals surface area contributed by atoms with Gasteiger partial charge in [-0.1, -0.05) is 29.8 Å². The van der Waals surface area contributed by atoms with Crippen molar-refractivity contribution >= 4 is 34.7 Å². The topological polar surface area (TPSA) is 66.8 Å². The van der Waals surface area contributed by atoms with Gasteiger partial charge in [0.15, 0.2) is 0 Å². The van der Waals surface area contributed by atoms with Gasteiger partial charge >= 0.3 is 6.18 Å². The number of carbonyl (C=O) groups is 2. The summed E-state index contributed by atoms with van der Waals surface area (Å²) in [6.45, 7) is 0. The molecule has 0 radical (unpaired) electrons. The van der Waals surface area contributed by atoms with E-state index in [2.05, 4.69) is 0 Å². The minimum atomic E-state index is -4.65. The molecule has 1 saturated heterocycles. The minimum absolute atomic E-state index is 0.132. The lowest BCUT2D eigenvalue weighted by Gasteiger charge is -2.26. The van der Waals surface area contributed by atoms with Crippen LogP contribution < -0.4 is 9.64 Å². The number of Topliss-reactive ketones (excluding diaryl/α,β-unsaturated/α-hetero) is 1. The summed E-state index contributed by atoms with van der Waals surface area (Å²) in [6, 6.07) is 15.2. The lowest BCUT2D eigenvalue weighted by atomic mass is 9.95. The molecule has 0 saturated carbocycles. The fourth-order valence-corrected chi connectivity index (χ4v) is 3.92. The SMILES string of the molecule is COc1ccc([C@H]2/C(=C(\O)c3ccc(Cl)cc3)C(=O)C(=O)N2c2cccc(C(F)(F)F)c2)cc1. The molecule has 1 aliphatic heterocycles. The molecule has 1 atom stereocenters. The first kappa shape index (κ1) is 23.4. The number of alkyl halides is 3. The Bertz CT molecular complexity index is 1280. The summed E-state index contributed by atoms with van der Waals surface area (Å²) in [5, 5.41) is 11.4. The molecule has 0 spiro atoms. The van der Waals surface area contributed by atoms with E-state index < -0.39 is 35.2 Å². The highest BCUT2D eigenvalue weighted by Crippen LogP contribution is 2.43. The molecular weight excluding hydrogens is 471 g/mol. The molecule has 1 aliphatic rings. The number of aliphatic hydroxyl groups is 1. The molecule has 174 valence electrons. The molecule has 0 aromatic heterocycles. The zero-order valence-corrected chi connectivity index (χ0v) is 18.4. The summed E-state index contributed by atoms with van der Waals surface area (Å²) < 4.78 is 45.2. The van der Waals surface area contributed by atoms with Gasteiger partial charge in [-0.25, -0.2) is 0 Å². The van der Waals surface area contributed by atoms with Gasteiger partial charge in [-0.3, -0.25) is 14.5 Å². The third-order valence-electron chi connectivity index (χ3n) is 5.45. The zero-order valence-electron chi connectivity index (χ0n) is 17.6. The maximum Gasteiger partial charge on any atom is 0.416 e. The predicted octanol–water partition coefficient (Wildman–Crippen LogP) is 5.99. The number of aliphatic hydroxyl groups excluding tert-OH is 1.